The molecule has 30 heavy (non-hydrogen) atoms. The van der Waals surface area contributed by atoms with Crippen molar-refractivity contribution in [2.24, 2.45) is 0 Å². The minimum atomic E-state index is -0.506. The van der Waals surface area contributed by atoms with Crippen LogP contribution in [-0.2, 0) is 22.4 Å². The fourth-order valence-electron chi connectivity index (χ4n) is 3.22. The molecule has 2 amide bonds. The summed E-state index contributed by atoms with van der Waals surface area (Å²) in [5.74, 6) is -0.283. The standard InChI is InChI=1S/C20H23N3O6S/c1-28-11-10-21-19(25)18-15-4-2-3-5-16(15)30-20(18)22-17(24)12-29-14-8-6-13(7-9-14)23(26)27/h6-9H,2-5,10-12H2,1H3,(H,21,25)(H,22,24). The summed E-state index contributed by atoms with van der Waals surface area (Å²) in [6.07, 6.45) is 3.79. The van der Waals surface area contributed by atoms with E-state index in [0.29, 0.717) is 29.5 Å². The number of ether oxygens (including phenoxy) is 2. The van der Waals surface area contributed by atoms with Crippen molar-refractivity contribution >= 4 is 33.8 Å². The molecule has 0 radical (unpaired) electrons. The Morgan fingerprint density at radius 3 is 2.63 bits per heavy atom. The van der Waals surface area contributed by atoms with Crippen LogP contribution in [0.25, 0.3) is 0 Å². The Hall–Kier alpha value is -2.98. The number of anilines is 1. The SMILES string of the molecule is COCCNC(=O)c1c(NC(=O)COc2ccc([N+](=O)[O-])cc2)sc2c1CCCC2. The van der Waals surface area contributed by atoms with Crippen molar-refractivity contribution in [3.05, 3.63) is 50.4 Å². The van der Waals surface area contributed by atoms with Crippen molar-refractivity contribution < 1.29 is 24.0 Å². The van der Waals surface area contributed by atoms with E-state index in [2.05, 4.69) is 10.6 Å². The number of hydrogen-bond donors (Lipinski definition) is 2. The third kappa shape index (κ3) is 5.33. The number of nitro groups is 1. The average Bonchev–Trinajstić information content (AvgIpc) is 3.10. The number of aryl methyl sites for hydroxylation is 1. The van der Waals surface area contributed by atoms with Crippen molar-refractivity contribution in [3.8, 4) is 5.75 Å². The van der Waals surface area contributed by atoms with Crippen LogP contribution in [0, 0.1) is 10.1 Å². The highest BCUT2D eigenvalue weighted by Crippen LogP contribution is 2.38. The Bertz CT molecular complexity index is 925. The Morgan fingerprint density at radius 1 is 1.20 bits per heavy atom. The Labute approximate surface area is 177 Å². The first-order valence-corrected chi connectivity index (χ1v) is 10.4. The third-order valence-corrected chi connectivity index (χ3v) is 5.87. The first kappa shape index (κ1) is 21.7. The van der Waals surface area contributed by atoms with E-state index in [1.165, 1.54) is 35.6 Å². The minimum absolute atomic E-state index is 0.0555. The molecule has 1 aliphatic rings. The second-order valence-corrected chi connectivity index (χ2v) is 7.86. The number of nitrogens with zero attached hydrogens (tertiary/aromatic N) is 1. The third-order valence-electron chi connectivity index (χ3n) is 4.66. The zero-order chi connectivity index (χ0) is 21.5. The number of hydrogen-bond acceptors (Lipinski definition) is 7. The first-order chi connectivity index (χ1) is 14.5. The number of thiophene rings is 1. The molecule has 0 unspecified atom stereocenters. The fourth-order valence-corrected chi connectivity index (χ4v) is 4.53. The molecule has 1 aromatic heterocycles. The molecule has 3 rings (SSSR count). The molecule has 0 saturated carbocycles. The van der Waals surface area contributed by atoms with Gasteiger partial charge in [-0.05, 0) is 43.4 Å². The van der Waals surface area contributed by atoms with Crippen LogP contribution in [0.3, 0.4) is 0 Å². The number of methoxy groups -OCH3 is 1. The van der Waals surface area contributed by atoms with E-state index >= 15 is 0 Å². The summed E-state index contributed by atoms with van der Waals surface area (Å²) in [5, 5.41) is 16.8. The van der Waals surface area contributed by atoms with Gasteiger partial charge in [-0.2, -0.15) is 0 Å². The monoisotopic (exact) mass is 433 g/mol. The van der Waals surface area contributed by atoms with Crippen LogP contribution >= 0.6 is 11.3 Å². The van der Waals surface area contributed by atoms with Crippen molar-refractivity contribution in [3.63, 3.8) is 0 Å². The lowest BCUT2D eigenvalue weighted by Crippen LogP contribution is -2.29. The zero-order valence-corrected chi connectivity index (χ0v) is 17.4. The molecule has 1 aliphatic carbocycles. The summed E-state index contributed by atoms with van der Waals surface area (Å²) < 4.78 is 10.4. The summed E-state index contributed by atoms with van der Waals surface area (Å²) in [6.45, 7) is 0.518. The summed E-state index contributed by atoms with van der Waals surface area (Å²) in [5.41, 5.74) is 1.47. The highest BCUT2D eigenvalue weighted by molar-refractivity contribution is 7.17. The fraction of sp³-hybridized carbons (Fsp3) is 0.400. The van der Waals surface area contributed by atoms with Gasteiger partial charge >= 0.3 is 0 Å². The Balaban J connectivity index is 1.67. The number of non-ortho nitro benzene ring substituents is 1. The molecule has 0 spiro atoms. The number of carbonyl (C=O) groups excluding carboxylic acids is 2. The maximum Gasteiger partial charge on any atom is 0.269 e. The van der Waals surface area contributed by atoms with E-state index in [1.54, 1.807) is 7.11 Å². The van der Waals surface area contributed by atoms with Crippen molar-refractivity contribution in [1.82, 2.24) is 5.32 Å². The Morgan fingerprint density at radius 2 is 1.93 bits per heavy atom. The van der Waals surface area contributed by atoms with Gasteiger partial charge < -0.3 is 20.1 Å². The van der Waals surface area contributed by atoms with Crippen LogP contribution < -0.4 is 15.4 Å². The second-order valence-electron chi connectivity index (χ2n) is 6.75. The molecule has 1 aromatic carbocycles. The van der Waals surface area contributed by atoms with Crippen LogP contribution in [-0.4, -0.2) is 43.6 Å². The number of amides is 2. The van der Waals surface area contributed by atoms with Gasteiger partial charge in [0.1, 0.15) is 10.8 Å². The van der Waals surface area contributed by atoms with Crippen LogP contribution in [0.2, 0.25) is 0 Å². The number of benzene rings is 1. The van der Waals surface area contributed by atoms with Gasteiger partial charge in [-0.1, -0.05) is 0 Å². The highest BCUT2D eigenvalue weighted by Gasteiger charge is 2.26. The lowest BCUT2D eigenvalue weighted by Gasteiger charge is -2.13. The average molecular weight is 433 g/mol. The van der Waals surface area contributed by atoms with Gasteiger partial charge in [-0.3, -0.25) is 19.7 Å². The van der Waals surface area contributed by atoms with Gasteiger partial charge in [0.25, 0.3) is 17.5 Å². The predicted molar refractivity (Wildman–Crippen MR) is 112 cm³/mol. The van der Waals surface area contributed by atoms with E-state index in [-0.39, 0.29) is 18.2 Å². The van der Waals surface area contributed by atoms with Crippen LogP contribution in [0.5, 0.6) is 5.75 Å². The number of carbonyl (C=O) groups is 2. The Kier molecular flexibility index (Phi) is 7.36. The summed E-state index contributed by atoms with van der Waals surface area (Å²) >= 11 is 1.43. The molecule has 9 nitrogen and oxygen atoms in total. The first-order valence-electron chi connectivity index (χ1n) is 9.58. The van der Waals surface area contributed by atoms with Crippen LogP contribution in [0.15, 0.2) is 24.3 Å². The van der Waals surface area contributed by atoms with Gasteiger partial charge in [0.2, 0.25) is 0 Å². The molecule has 0 fully saturated rings. The van der Waals surface area contributed by atoms with Crippen LogP contribution in [0.4, 0.5) is 10.7 Å². The van der Waals surface area contributed by atoms with E-state index < -0.39 is 10.8 Å². The van der Waals surface area contributed by atoms with E-state index in [1.807, 2.05) is 0 Å². The van der Waals surface area contributed by atoms with Crippen LogP contribution in [0.1, 0.15) is 33.6 Å². The molecule has 0 saturated heterocycles. The lowest BCUT2D eigenvalue weighted by molar-refractivity contribution is -0.384. The predicted octanol–water partition coefficient (Wildman–Crippen LogP) is 2.93. The van der Waals surface area contributed by atoms with Gasteiger partial charge in [-0.25, -0.2) is 0 Å². The van der Waals surface area contributed by atoms with E-state index in [0.717, 1.165) is 36.1 Å². The molecule has 160 valence electrons. The largest absolute Gasteiger partial charge is 0.484 e. The van der Waals surface area contributed by atoms with Gasteiger partial charge in [-0.15, -0.1) is 11.3 Å². The molecule has 0 atom stereocenters. The molecule has 0 aliphatic heterocycles. The van der Waals surface area contributed by atoms with Gasteiger partial charge in [0.05, 0.1) is 17.1 Å². The molecule has 2 aromatic rings. The number of rotatable bonds is 9. The molecule has 10 heteroatoms. The van der Waals surface area contributed by atoms with Gasteiger partial charge in [0.15, 0.2) is 6.61 Å². The maximum atomic E-state index is 12.7. The highest BCUT2D eigenvalue weighted by atomic mass is 32.1. The lowest BCUT2D eigenvalue weighted by atomic mass is 9.95. The second kappa shape index (κ2) is 10.2. The topological polar surface area (TPSA) is 120 Å². The summed E-state index contributed by atoms with van der Waals surface area (Å²) in [6, 6.07) is 5.49. The number of fused-ring (bicyclic) bond motifs is 1. The summed E-state index contributed by atoms with van der Waals surface area (Å²) in [7, 11) is 1.56. The van der Waals surface area contributed by atoms with Crippen molar-refractivity contribution in [2.45, 2.75) is 25.7 Å². The zero-order valence-electron chi connectivity index (χ0n) is 16.6. The van der Waals surface area contributed by atoms with Gasteiger partial charge in [0, 0.05) is 30.7 Å². The minimum Gasteiger partial charge on any atom is -0.484 e. The van der Waals surface area contributed by atoms with E-state index in [9.17, 15) is 19.7 Å². The summed E-state index contributed by atoms with van der Waals surface area (Å²) in [4.78, 5) is 36.5. The quantitative estimate of drug-likeness (QED) is 0.356. The van der Waals surface area contributed by atoms with Crippen molar-refractivity contribution in [2.75, 3.05) is 32.2 Å². The van der Waals surface area contributed by atoms with E-state index in [4.69, 9.17) is 9.47 Å². The number of nitro benzene ring substituents is 1. The van der Waals surface area contributed by atoms with Crippen molar-refractivity contribution in [1.29, 1.82) is 0 Å². The maximum absolute atomic E-state index is 12.7. The molecule has 0 bridgehead atoms. The molecule has 2 N–H and O–H groups in total. The molecular weight excluding hydrogens is 410 g/mol. The number of nitrogens with one attached hydrogen (secondary N) is 2. The smallest absolute Gasteiger partial charge is 0.269 e. The molecular formula is C20H23N3O6S. The molecule has 1 heterocycles. The normalized spacial score (nSPS) is 12.7.